The van der Waals surface area contributed by atoms with Gasteiger partial charge in [0.15, 0.2) is 0 Å². The number of imidazole rings is 1. The van der Waals surface area contributed by atoms with Crippen LogP contribution in [0.1, 0.15) is 5.82 Å². The fourth-order valence-electron chi connectivity index (χ4n) is 4.82. The average Bonchev–Trinajstić information content (AvgIpc) is 3.23. The number of aryl methyl sites for hydroxylation is 1. The molecule has 0 atom stereocenters. The fraction of sp³-hybridized carbons (Fsp3) is 0.280. The quantitative estimate of drug-likeness (QED) is 0.323. The summed E-state index contributed by atoms with van der Waals surface area (Å²) in [6.07, 6.45) is 0. The number of alkyl halides is 3. The van der Waals surface area contributed by atoms with E-state index in [1.54, 1.807) is 50.4 Å². The number of nitrogens with zero attached hydrogens (tertiary/aromatic N) is 4. The van der Waals surface area contributed by atoms with Crippen LogP contribution in [0.3, 0.4) is 0 Å². The van der Waals surface area contributed by atoms with Crippen LogP contribution < -0.4 is 9.64 Å². The summed E-state index contributed by atoms with van der Waals surface area (Å²) in [5.74, 6) is 0.317. The van der Waals surface area contributed by atoms with Crippen molar-refractivity contribution in [1.29, 1.82) is 0 Å². The van der Waals surface area contributed by atoms with E-state index in [1.165, 1.54) is 8.87 Å². The van der Waals surface area contributed by atoms with Crippen molar-refractivity contribution in [3.05, 3.63) is 60.4 Å². The van der Waals surface area contributed by atoms with E-state index in [-0.39, 0.29) is 4.90 Å². The Morgan fingerprint density at radius 1 is 0.973 bits per heavy atom. The molecular weight excluding hydrogens is 559 g/mol. The molecule has 0 bridgehead atoms. The second-order valence-electron chi connectivity index (χ2n) is 8.67. The van der Waals surface area contributed by atoms with Crippen LogP contribution in [0.25, 0.3) is 21.8 Å². The largest absolute Gasteiger partial charge is 0.494 e. The molecule has 0 radical (unpaired) electrons. The Kier molecular flexibility index (Phi) is 6.68. The lowest BCUT2D eigenvalue weighted by molar-refractivity contribution is -0.130. The minimum Gasteiger partial charge on any atom is -0.494 e. The highest BCUT2D eigenvalue weighted by atomic mass is 35.6. The van der Waals surface area contributed by atoms with Crippen molar-refractivity contribution in [3.8, 4) is 5.75 Å². The molecule has 8 nitrogen and oxygen atoms in total. The lowest BCUT2D eigenvalue weighted by Gasteiger charge is -2.38. The van der Waals surface area contributed by atoms with Crippen molar-refractivity contribution in [3.63, 3.8) is 0 Å². The predicted molar refractivity (Wildman–Crippen MR) is 147 cm³/mol. The van der Waals surface area contributed by atoms with Crippen molar-refractivity contribution in [1.82, 2.24) is 13.9 Å². The second-order valence-corrected chi connectivity index (χ2v) is 12.7. The van der Waals surface area contributed by atoms with Crippen molar-refractivity contribution in [2.75, 3.05) is 38.2 Å². The summed E-state index contributed by atoms with van der Waals surface area (Å²) in [6.45, 7) is 3.07. The highest BCUT2D eigenvalue weighted by Gasteiger charge is 2.37. The normalized spacial score (nSPS) is 14.9. The van der Waals surface area contributed by atoms with Gasteiger partial charge < -0.3 is 14.5 Å². The summed E-state index contributed by atoms with van der Waals surface area (Å²) in [5, 5.41) is 1.19. The smallest absolute Gasteiger partial charge is 0.274 e. The van der Waals surface area contributed by atoms with Crippen LogP contribution >= 0.6 is 34.8 Å². The molecule has 5 rings (SSSR count). The highest BCUT2D eigenvalue weighted by Crippen LogP contribution is 2.42. The van der Waals surface area contributed by atoms with Crippen molar-refractivity contribution in [2.45, 2.75) is 15.6 Å². The van der Waals surface area contributed by atoms with E-state index in [1.807, 2.05) is 23.1 Å². The minimum absolute atomic E-state index is 0.130. The summed E-state index contributed by atoms with van der Waals surface area (Å²) in [6, 6.07) is 16.0. The van der Waals surface area contributed by atoms with E-state index in [4.69, 9.17) is 39.5 Å². The van der Waals surface area contributed by atoms with Gasteiger partial charge in [0.2, 0.25) is 0 Å². The molecule has 2 heterocycles. The molecule has 0 saturated carbocycles. The molecule has 0 aliphatic carbocycles. The number of ether oxygens (including phenoxy) is 1. The first-order valence-electron chi connectivity index (χ1n) is 11.4. The Balaban J connectivity index is 1.65. The topological polar surface area (TPSA) is 84.7 Å². The third-order valence-electron chi connectivity index (χ3n) is 6.49. The average molecular weight is 582 g/mol. The number of halogens is 3. The van der Waals surface area contributed by atoms with Gasteiger partial charge in [-0.3, -0.25) is 4.79 Å². The van der Waals surface area contributed by atoms with E-state index < -0.39 is 19.7 Å². The monoisotopic (exact) mass is 580 g/mol. The van der Waals surface area contributed by atoms with Gasteiger partial charge >= 0.3 is 0 Å². The molecule has 1 aliphatic rings. The Morgan fingerprint density at radius 3 is 2.24 bits per heavy atom. The molecule has 194 valence electrons. The van der Waals surface area contributed by atoms with Gasteiger partial charge in [0.05, 0.1) is 28.7 Å². The molecule has 1 saturated heterocycles. The number of fused-ring (bicyclic) bond motifs is 2. The maximum absolute atomic E-state index is 14.2. The number of methoxy groups -OCH3 is 1. The van der Waals surface area contributed by atoms with Gasteiger partial charge in [-0.05, 0) is 25.1 Å². The number of hydrogen-bond donors (Lipinski definition) is 0. The van der Waals surface area contributed by atoms with Crippen LogP contribution in [0.4, 0.5) is 5.69 Å². The number of hydrogen-bond acceptors (Lipinski definition) is 6. The van der Waals surface area contributed by atoms with E-state index >= 15 is 0 Å². The molecule has 0 unspecified atom stereocenters. The number of carbonyl (C=O) groups excluding carboxylic acids is 1. The van der Waals surface area contributed by atoms with Crippen LogP contribution in [-0.4, -0.2) is 65.3 Å². The summed E-state index contributed by atoms with van der Waals surface area (Å²) in [5.41, 5.74) is 1.69. The van der Waals surface area contributed by atoms with Gasteiger partial charge in [-0.15, -0.1) is 0 Å². The zero-order valence-electron chi connectivity index (χ0n) is 20.0. The second kappa shape index (κ2) is 9.54. The SMILES string of the molecule is COc1c(N2CCN(C(=O)C(Cl)(Cl)Cl)CC2)cc(S(=O)(=O)n2c(C)nc3ccccc32)c2ccccc12. The maximum Gasteiger partial charge on any atom is 0.274 e. The Morgan fingerprint density at radius 2 is 1.59 bits per heavy atom. The maximum atomic E-state index is 14.2. The molecule has 4 aromatic rings. The van der Waals surface area contributed by atoms with Gasteiger partial charge in [-0.2, -0.15) is 0 Å². The number of amides is 1. The number of carbonyl (C=O) groups is 1. The molecule has 3 aromatic carbocycles. The van der Waals surface area contributed by atoms with Crippen LogP contribution in [0, 0.1) is 6.92 Å². The van der Waals surface area contributed by atoms with E-state index in [9.17, 15) is 13.2 Å². The molecule has 1 fully saturated rings. The summed E-state index contributed by atoms with van der Waals surface area (Å²) in [7, 11) is -2.50. The van der Waals surface area contributed by atoms with Crippen molar-refractivity contribution in [2.24, 2.45) is 0 Å². The van der Waals surface area contributed by atoms with E-state index in [0.717, 1.165) is 0 Å². The third-order valence-corrected chi connectivity index (χ3v) is 8.81. The van der Waals surface area contributed by atoms with E-state index in [2.05, 4.69) is 4.98 Å². The first kappa shape index (κ1) is 25.9. The van der Waals surface area contributed by atoms with Crippen molar-refractivity contribution < 1.29 is 17.9 Å². The Hall–Kier alpha value is -2.72. The van der Waals surface area contributed by atoms with Gasteiger partial charge in [-0.25, -0.2) is 17.4 Å². The Labute approximate surface area is 229 Å². The molecule has 0 spiro atoms. The number of benzene rings is 3. The lowest BCUT2D eigenvalue weighted by atomic mass is 10.1. The first-order valence-corrected chi connectivity index (χ1v) is 14.0. The zero-order chi connectivity index (χ0) is 26.5. The van der Waals surface area contributed by atoms with Crippen LogP contribution in [-0.2, 0) is 14.8 Å². The predicted octanol–water partition coefficient (Wildman–Crippen LogP) is 4.76. The van der Waals surface area contributed by atoms with Gasteiger partial charge in [0, 0.05) is 37.0 Å². The van der Waals surface area contributed by atoms with Gasteiger partial charge in [0.25, 0.3) is 19.7 Å². The first-order chi connectivity index (χ1) is 17.5. The third kappa shape index (κ3) is 4.48. The molecule has 37 heavy (non-hydrogen) atoms. The molecule has 12 heteroatoms. The van der Waals surface area contributed by atoms with E-state index in [0.29, 0.717) is 65.2 Å². The Bertz CT molecular complexity index is 1620. The minimum atomic E-state index is -4.05. The van der Waals surface area contributed by atoms with Crippen LogP contribution in [0.5, 0.6) is 5.75 Å². The highest BCUT2D eigenvalue weighted by molar-refractivity contribution is 7.90. The van der Waals surface area contributed by atoms with Gasteiger partial charge in [-0.1, -0.05) is 71.2 Å². The van der Waals surface area contributed by atoms with Crippen LogP contribution in [0.2, 0.25) is 0 Å². The fourth-order valence-corrected chi connectivity index (χ4v) is 6.89. The standard InChI is InChI=1S/C25H23Cl3N4O4S/c1-16-29-19-9-5-6-10-20(19)32(16)37(34,35)22-15-21(23(36-2)18-8-4-3-7-17(18)22)30-11-13-31(14-12-30)24(33)25(26,27)28/h3-10,15H,11-14H2,1-2H3. The van der Waals surface area contributed by atoms with Crippen molar-refractivity contribution >= 4 is 78.2 Å². The summed E-state index contributed by atoms with van der Waals surface area (Å²) < 4.78 is 33.4. The summed E-state index contributed by atoms with van der Waals surface area (Å²) >= 11 is 17.4. The number of piperazine rings is 1. The van der Waals surface area contributed by atoms with Gasteiger partial charge in [0.1, 0.15) is 11.6 Å². The summed E-state index contributed by atoms with van der Waals surface area (Å²) in [4.78, 5) is 20.5. The number of para-hydroxylation sites is 2. The lowest BCUT2D eigenvalue weighted by Crippen LogP contribution is -2.51. The molecular formula is C25H23Cl3N4O4S. The molecule has 1 amide bonds. The zero-order valence-corrected chi connectivity index (χ0v) is 23.1. The molecule has 0 N–H and O–H groups in total. The number of anilines is 1. The van der Waals surface area contributed by atoms with Crippen LogP contribution in [0.15, 0.2) is 59.5 Å². The number of aromatic nitrogens is 2. The molecule has 1 aromatic heterocycles. The number of rotatable bonds is 4. The molecule has 1 aliphatic heterocycles.